The fourth-order valence-corrected chi connectivity index (χ4v) is 4.63. The predicted molar refractivity (Wildman–Crippen MR) is 129 cm³/mol. The quantitative estimate of drug-likeness (QED) is 0.338. The van der Waals surface area contributed by atoms with Crippen LogP contribution in [0.5, 0.6) is 11.5 Å². The molecule has 6 nitrogen and oxygen atoms in total. The second-order valence-corrected chi connectivity index (χ2v) is 8.71. The lowest BCUT2D eigenvalue weighted by Crippen LogP contribution is -2.20. The van der Waals surface area contributed by atoms with E-state index in [9.17, 15) is 14.7 Å². The second-order valence-electron chi connectivity index (χ2n) is 7.19. The zero-order valence-corrected chi connectivity index (χ0v) is 18.8. The van der Waals surface area contributed by atoms with Crippen molar-refractivity contribution in [2.75, 3.05) is 7.11 Å². The molecule has 0 aliphatic carbocycles. The fraction of sp³-hybridized carbons (Fsp3) is 0.0400. The summed E-state index contributed by atoms with van der Waals surface area (Å²) in [5.41, 5.74) is -0.156. The summed E-state index contributed by atoms with van der Waals surface area (Å²) >= 11 is 6.94. The highest BCUT2D eigenvalue weighted by atomic mass is 35.5. The monoisotopic (exact) mass is 477 g/mol. The lowest BCUT2D eigenvalue weighted by atomic mass is 10.1. The van der Waals surface area contributed by atoms with E-state index in [4.69, 9.17) is 20.8 Å². The number of halogens is 1. The van der Waals surface area contributed by atoms with E-state index in [-0.39, 0.29) is 15.9 Å². The Labute approximate surface area is 196 Å². The number of hydrogen-bond acceptors (Lipinski definition) is 6. The Hall–Kier alpha value is -3.68. The summed E-state index contributed by atoms with van der Waals surface area (Å²) in [7, 11) is 1.53. The van der Waals surface area contributed by atoms with Gasteiger partial charge in [0.15, 0.2) is 11.3 Å². The Kier molecular flexibility index (Phi) is 5.36. The van der Waals surface area contributed by atoms with E-state index in [0.717, 1.165) is 11.8 Å². The van der Waals surface area contributed by atoms with Crippen molar-refractivity contribution >= 4 is 45.2 Å². The molecule has 5 rings (SSSR count). The number of nitrogens with zero attached hydrogens (tertiary/aromatic N) is 1. The van der Waals surface area contributed by atoms with E-state index in [1.165, 1.54) is 11.7 Å². The fourth-order valence-electron chi connectivity index (χ4n) is 3.68. The summed E-state index contributed by atoms with van der Waals surface area (Å²) in [6, 6.07) is 20.9. The molecule has 5 aromatic rings. The van der Waals surface area contributed by atoms with Gasteiger partial charge in [-0.3, -0.25) is 9.36 Å². The molecule has 0 spiro atoms. The molecule has 1 N–H and O–H groups in total. The molecule has 0 bridgehead atoms. The predicted octanol–water partition coefficient (Wildman–Crippen LogP) is 5.62. The van der Waals surface area contributed by atoms with Crippen molar-refractivity contribution < 1.29 is 14.3 Å². The third kappa shape index (κ3) is 3.65. The van der Waals surface area contributed by atoms with Crippen molar-refractivity contribution in [2.45, 2.75) is 9.79 Å². The van der Waals surface area contributed by atoms with E-state index in [1.807, 2.05) is 18.2 Å². The summed E-state index contributed by atoms with van der Waals surface area (Å²) in [5, 5.41) is 12.1. The van der Waals surface area contributed by atoms with Gasteiger partial charge in [-0.2, -0.15) is 0 Å². The molecule has 2 heterocycles. The molecule has 0 unspecified atom stereocenters. The molecule has 0 saturated heterocycles. The van der Waals surface area contributed by atoms with Crippen molar-refractivity contribution in [3.05, 3.63) is 98.6 Å². The number of methoxy groups -OCH3 is 1. The van der Waals surface area contributed by atoms with Gasteiger partial charge in [0.1, 0.15) is 16.0 Å². The smallest absolute Gasteiger partial charge is 0.354 e. The first-order valence-corrected chi connectivity index (χ1v) is 11.1. The SMILES string of the molecule is COc1ccc2c3oc(=O)c(Sc4ccc(Cl)cc4)c(O)c3c(=O)n(-c3ccccc3)c2c1. The van der Waals surface area contributed by atoms with Crippen LogP contribution >= 0.6 is 23.4 Å². The molecule has 164 valence electrons. The maximum absolute atomic E-state index is 13.7. The largest absolute Gasteiger partial charge is 0.505 e. The van der Waals surface area contributed by atoms with Crippen molar-refractivity contribution in [3.8, 4) is 17.2 Å². The molecule has 0 aliphatic rings. The van der Waals surface area contributed by atoms with Crippen LogP contribution < -0.4 is 15.9 Å². The first-order chi connectivity index (χ1) is 16.0. The maximum Gasteiger partial charge on any atom is 0.354 e. The standard InChI is InChI=1S/C25H16ClNO5S/c1-31-16-9-12-18-19(13-16)27(15-5-3-2-4-6-15)24(29)20-21(28)23(25(30)32-22(18)20)33-17-10-7-14(26)8-11-17/h2-13,28H,1H3. The van der Waals surface area contributed by atoms with E-state index >= 15 is 0 Å². The summed E-state index contributed by atoms with van der Waals surface area (Å²) < 4.78 is 12.4. The molecular formula is C25H16ClNO5S. The Balaban J connectivity index is 1.87. The minimum atomic E-state index is -0.742. The number of rotatable bonds is 4. The van der Waals surface area contributed by atoms with Crippen LogP contribution in [-0.2, 0) is 0 Å². The highest BCUT2D eigenvalue weighted by Gasteiger charge is 2.23. The van der Waals surface area contributed by atoms with E-state index < -0.39 is 16.9 Å². The summed E-state index contributed by atoms with van der Waals surface area (Å²) in [6.45, 7) is 0. The van der Waals surface area contributed by atoms with Gasteiger partial charge in [0.2, 0.25) is 0 Å². The number of benzene rings is 3. The van der Waals surface area contributed by atoms with Gasteiger partial charge in [0.05, 0.1) is 12.6 Å². The average molecular weight is 478 g/mol. The number of ether oxygens (including phenoxy) is 1. The lowest BCUT2D eigenvalue weighted by molar-refractivity contribution is 0.415. The van der Waals surface area contributed by atoms with Crippen LogP contribution in [-0.4, -0.2) is 16.8 Å². The van der Waals surface area contributed by atoms with Gasteiger partial charge in [-0.15, -0.1) is 0 Å². The topological polar surface area (TPSA) is 81.7 Å². The van der Waals surface area contributed by atoms with Gasteiger partial charge in [-0.25, -0.2) is 4.79 Å². The summed E-state index contributed by atoms with van der Waals surface area (Å²) in [6.07, 6.45) is 0. The number of hydrogen-bond donors (Lipinski definition) is 1. The molecule has 33 heavy (non-hydrogen) atoms. The number of aromatic hydroxyl groups is 1. The third-order valence-electron chi connectivity index (χ3n) is 5.21. The lowest BCUT2D eigenvalue weighted by Gasteiger charge is -2.15. The van der Waals surface area contributed by atoms with Gasteiger partial charge in [0, 0.05) is 27.1 Å². The Morgan fingerprint density at radius 1 is 1.00 bits per heavy atom. The van der Waals surface area contributed by atoms with E-state index in [1.54, 1.807) is 54.6 Å². The van der Waals surface area contributed by atoms with Crippen molar-refractivity contribution in [1.29, 1.82) is 0 Å². The van der Waals surface area contributed by atoms with Gasteiger partial charge < -0.3 is 14.3 Å². The van der Waals surface area contributed by atoms with Crippen LogP contribution in [0.4, 0.5) is 0 Å². The van der Waals surface area contributed by atoms with Crippen LogP contribution in [0.15, 0.2) is 96.6 Å². The van der Waals surface area contributed by atoms with Gasteiger partial charge in [-0.1, -0.05) is 41.6 Å². The van der Waals surface area contributed by atoms with Crippen molar-refractivity contribution in [2.24, 2.45) is 0 Å². The maximum atomic E-state index is 13.7. The van der Waals surface area contributed by atoms with Gasteiger partial charge >= 0.3 is 5.63 Å². The number of aromatic nitrogens is 1. The zero-order valence-electron chi connectivity index (χ0n) is 17.2. The Morgan fingerprint density at radius 3 is 2.42 bits per heavy atom. The normalized spacial score (nSPS) is 11.2. The summed E-state index contributed by atoms with van der Waals surface area (Å²) in [5.74, 6) is 0.112. The van der Waals surface area contributed by atoms with Crippen molar-refractivity contribution in [1.82, 2.24) is 4.57 Å². The van der Waals surface area contributed by atoms with Crippen LogP contribution in [0.3, 0.4) is 0 Å². The molecule has 0 aliphatic heterocycles. The number of pyridine rings is 1. The van der Waals surface area contributed by atoms with Crippen LogP contribution in [0, 0.1) is 0 Å². The zero-order chi connectivity index (χ0) is 23.1. The molecule has 8 heteroatoms. The highest BCUT2D eigenvalue weighted by Crippen LogP contribution is 2.38. The van der Waals surface area contributed by atoms with Crippen molar-refractivity contribution in [3.63, 3.8) is 0 Å². The second kappa shape index (κ2) is 8.35. The van der Waals surface area contributed by atoms with E-state index in [0.29, 0.717) is 32.3 Å². The molecule has 0 fully saturated rings. The molecule has 0 saturated carbocycles. The van der Waals surface area contributed by atoms with Crippen LogP contribution in [0.25, 0.3) is 27.6 Å². The molecule has 2 aromatic heterocycles. The highest BCUT2D eigenvalue weighted by molar-refractivity contribution is 7.99. The molecule has 0 radical (unpaired) electrons. The Bertz CT molecular complexity index is 1630. The third-order valence-corrected chi connectivity index (χ3v) is 6.54. The van der Waals surface area contributed by atoms with Crippen LogP contribution in [0.2, 0.25) is 5.02 Å². The molecular weight excluding hydrogens is 462 g/mol. The first kappa shape index (κ1) is 21.2. The first-order valence-electron chi connectivity index (χ1n) is 9.89. The number of para-hydroxylation sites is 1. The van der Waals surface area contributed by atoms with Gasteiger partial charge in [-0.05, 0) is 48.5 Å². The Morgan fingerprint density at radius 2 is 1.73 bits per heavy atom. The summed E-state index contributed by atoms with van der Waals surface area (Å²) in [4.78, 5) is 27.1. The minimum Gasteiger partial charge on any atom is -0.505 e. The average Bonchev–Trinajstić information content (AvgIpc) is 2.83. The molecule has 0 atom stereocenters. The number of fused-ring (bicyclic) bond motifs is 3. The van der Waals surface area contributed by atoms with Gasteiger partial charge in [0.25, 0.3) is 5.56 Å². The molecule has 0 amide bonds. The van der Waals surface area contributed by atoms with E-state index in [2.05, 4.69) is 0 Å². The van der Waals surface area contributed by atoms with Crippen LogP contribution in [0.1, 0.15) is 0 Å². The molecule has 3 aromatic carbocycles. The minimum absolute atomic E-state index is 0.0211.